The highest BCUT2D eigenvalue weighted by Gasteiger charge is 2.28. The van der Waals surface area contributed by atoms with Gasteiger partial charge in [-0.25, -0.2) is 4.39 Å². The zero-order chi connectivity index (χ0) is 17.1. The molecule has 1 amide bonds. The lowest BCUT2D eigenvalue weighted by atomic mass is 10.1. The van der Waals surface area contributed by atoms with Crippen LogP contribution in [-0.2, 0) is 17.9 Å². The lowest BCUT2D eigenvalue weighted by molar-refractivity contribution is -0.108. The van der Waals surface area contributed by atoms with Crippen LogP contribution in [0.1, 0.15) is 21.5 Å². The zero-order valence-electron chi connectivity index (χ0n) is 13.2. The molecule has 0 atom stereocenters. The Morgan fingerprint density at radius 1 is 1.29 bits per heavy atom. The number of nitrogens with zero attached hydrogens (tertiary/aromatic N) is 1. The molecule has 0 saturated carbocycles. The first-order valence-electron chi connectivity index (χ1n) is 7.55. The second kappa shape index (κ2) is 6.70. The van der Waals surface area contributed by atoms with Gasteiger partial charge in [-0.15, -0.1) is 0 Å². The van der Waals surface area contributed by atoms with Crippen LogP contribution >= 0.6 is 0 Å². The molecule has 0 saturated heterocycles. The number of halogens is 1. The maximum atomic E-state index is 14.2. The van der Waals surface area contributed by atoms with Gasteiger partial charge in [0.15, 0.2) is 11.6 Å². The Morgan fingerprint density at radius 2 is 2.08 bits per heavy atom. The molecular weight excluding hydrogens is 311 g/mol. The summed E-state index contributed by atoms with van der Waals surface area (Å²) in [4.78, 5) is 24.4. The van der Waals surface area contributed by atoms with Crippen LogP contribution in [0.4, 0.5) is 10.1 Å². The summed E-state index contributed by atoms with van der Waals surface area (Å²) < 4.78 is 19.2. The summed E-state index contributed by atoms with van der Waals surface area (Å²) in [7, 11) is 1.42. The molecule has 0 unspecified atom stereocenters. The van der Waals surface area contributed by atoms with Crippen LogP contribution in [0.5, 0.6) is 5.75 Å². The molecule has 1 N–H and O–H groups in total. The molecule has 1 aliphatic rings. The van der Waals surface area contributed by atoms with Gasteiger partial charge in [-0.2, -0.15) is 0 Å². The average Bonchev–Trinajstić information content (AvgIpc) is 2.91. The predicted octanol–water partition coefficient (Wildman–Crippen LogP) is 2.60. The van der Waals surface area contributed by atoms with Gasteiger partial charge < -0.3 is 19.7 Å². The number of benzene rings is 2. The highest BCUT2D eigenvalue weighted by molar-refractivity contribution is 6.00. The Morgan fingerprint density at radius 3 is 2.83 bits per heavy atom. The largest absolute Gasteiger partial charge is 0.494 e. The normalized spacial score (nSPS) is 12.9. The Kier molecular flexibility index (Phi) is 4.46. The Bertz CT molecular complexity index is 792. The van der Waals surface area contributed by atoms with E-state index < -0.39 is 5.82 Å². The molecule has 0 fully saturated rings. The predicted molar refractivity (Wildman–Crippen MR) is 87.5 cm³/mol. The summed E-state index contributed by atoms with van der Waals surface area (Å²) in [6.45, 7) is 0.704. The Hall–Kier alpha value is -2.89. The van der Waals surface area contributed by atoms with Gasteiger partial charge in [0.25, 0.3) is 5.91 Å². The first-order chi connectivity index (χ1) is 11.7. The van der Waals surface area contributed by atoms with Crippen molar-refractivity contribution in [1.29, 1.82) is 0 Å². The van der Waals surface area contributed by atoms with Crippen LogP contribution in [0.2, 0.25) is 0 Å². The molecule has 124 valence electrons. The maximum absolute atomic E-state index is 14.2. The molecule has 24 heavy (non-hydrogen) atoms. The van der Waals surface area contributed by atoms with E-state index in [0.29, 0.717) is 24.0 Å². The second-order valence-electron chi connectivity index (χ2n) is 5.47. The molecule has 0 aromatic heterocycles. The maximum Gasteiger partial charge on any atom is 0.254 e. The van der Waals surface area contributed by atoms with Crippen molar-refractivity contribution in [3.8, 4) is 5.75 Å². The number of rotatable bonds is 6. The quantitative estimate of drug-likeness (QED) is 0.828. The fraction of sp³-hybridized carbons (Fsp3) is 0.222. The summed E-state index contributed by atoms with van der Waals surface area (Å²) >= 11 is 0. The SMILES string of the molecule is COc1cccc(CNc2cccc3c2CN(CC=O)C3=O)c1F. The molecular formula is C18H17FN2O3. The van der Waals surface area contributed by atoms with Crippen molar-refractivity contribution >= 4 is 17.9 Å². The Balaban J connectivity index is 1.81. The van der Waals surface area contributed by atoms with Crippen molar-refractivity contribution in [2.24, 2.45) is 0 Å². The fourth-order valence-corrected chi connectivity index (χ4v) is 2.83. The van der Waals surface area contributed by atoms with E-state index in [2.05, 4.69) is 5.32 Å². The number of aldehydes is 1. The number of methoxy groups -OCH3 is 1. The van der Waals surface area contributed by atoms with Crippen molar-refractivity contribution in [3.05, 3.63) is 58.9 Å². The third kappa shape index (κ3) is 2.82. The summed E-state index contributed by atoms with van der Waals surface area (Å²) in [6, 6.07) is 10.3. The summed E-state index contributed by atoms with van der Waals surface area (Å²) in [6.07, 6.45) is 0.711. The summed E-state index contributed by atoms with van der Waals surface area (Å²) in [5.74, 6) is -0.369. The first-order valence-corrected chi connectivity index (χ1v) is 7.55. The zero-order valence-corrected chi connectivity index (χ0v) is 13.2. The Labute approximate surface area is 139 Å². The highest BCUT2D eigenvalue weighted by atomic mass is 19.1. The molecule has 0 bridgehead atoms. The molecule has 1 aliphatic heterocycles. The van der Waals surface area contributed by atoms with Gasteiger partial charge in [-0.1, -0.05) is 18.2 Å². The lowest BCUT2D eigenvalue weighted by Crippen LogP contribution is -2.25. The molecule has 0 radical (unpaired) electrons. The standard InChI is InChI=1S/C18H17FN2O3/c1-24-16-7-2-4-12(17(16)19)10-20-15-6-3-5-13-14(15)11-21(8-9-22)18(13)23/h2-7,9,20H,8,10-11H2,1H3. The van der Waals surface area contributed by atoms with E-state index in [0.717, 1.165) is 11.3 Å². The van der Waals surface area contributed by atoms with Gasteiger partial charge in [0.1, 0.15) is 6.29 Å². The minimum Gasteiger partial charge on any atom is -0.494 e. The molecule has 6 heteroatoms. The fourth-order valence-electron chi connectivity index (χ4n) is 2.83. The molecule has 3 rings (SSSR count). The van der Waals surface area contributed by atoms with Gasteiger partial charge in [0, 0.05) is 35.5 Å². The summed E-state index contributed by atoms with van der Waals surface area (Å²) in [5.41, 5.74) is 2.64. The number of carbonyl (C=O) groups excluding carboxylic acids is 2. The van der Waals surface area contributed by atoms with Crippen LogP contribution in [-0.4, -0.2) is 30.7 Å². The van der Waals surface area contributed by atoms with Gasteiger partial charge in [-0.05, 0) is 18.2 Å². The van der Waals surface area contributed by atoms with Crippen LogP contribution in [0.15, 0.2) is 36.4 Å². The van der Waals surface area contributed by atoms with E-state index in [-0.39, 0.29) is 24.7 Å². The minimum absolute atomic E-state index is 0.0669. The highest BCUT2D eigenvalue weighted by Crippen LogP contribution is 2.30. The van der Waals surface area contributed by atoms with Crippen LogP contribution in [0, 0.1) is 5.82 Å². The number of fused-ring (bicyclic) bond motifs is 1. The van der Waals surface area contributed by atoms with Crippen LogP contribution in [0.3, 0.4) is 0 Å². The van der Waals surface area contributed by atoms with E-state index in [1.165, 1.54) is 12.0 Å². The van der Waals surface area contributed by atoms with Crippen molar-refractivity contribution in [3.63, 3.8) is 0 Å². The number of nitrogens with one attached hydrogen (secondary N) is 1. The van der Waals surface area contributed by atoms with E-state index >= 15 is 0 Å². The molecule has 2 aromatic carbocycles. The van der Waals surface area contributed by atoms with E-state index in [4.69, 9.17) is 4.74 Å². The van der Waals surface area contributed by atoms with Crippen LogP contribution in [0.25, 0.3) is 0 Å². The van der Waals surface area contributed by atoms with Crippen molar-refractivity contribution in [2.45, 2.75) is 13.1 Å². The van der Waals surface area contributed by atoms with Crippen molar-refractivity contribution in [1.82, 2.24) is 4.90 Å². The number of amides is 1. The molecule has 2 aromatic rings. The smallest absolute Gasteiger partial charge is 0.254 e. The van der Waals surface area contributed by atoms with E-state index in [1.54, 1.807) is 30.3 Å². The molecule has 5 nitrogen and oxygen atoms in total. The topological polar surface area (TPSA) is 58.6 Å². The monoisotopic (exact) mass is 328 g/mol. The number of ether oxygens (including phenoxy) is 1. The van der Waals surface area contributed by atoms with Gasteiger partial charge in [-0.3, -0.25) is 4.79 Å². The molecule has 0 aliphatic carbocycles. The van der Waals surface area contributed by atoms with Crippen molar-refractivity contribution < 1.29 is 18.7 Å². The second-order valence-corrected chi connectivity index (χ2v) is 5.47. The number of hydrogen-bond donors (Lipinski definition) is 1. The van der Waals surface area contributed by atoms with Crippen molar-refractivity contribution in [2.75, 3.05) is 19.0 Å². The van der Waals surface area contributed by atoms with Gasteiger partial charge >= 0.3 is 0 Å². The summed E-state index contributed by atoms with van der Waals surface area (Å²) in [5, 5.41) is 3.17. The third-order valence-electron chi connectivity index (χ3n) is 4.07. The van der Waals surface area contributed by atoms with Gasteiger partial charge in [0.2, 0.25) is 0 Å². The molecule has 1 heterocycles. The van der Waals surface area contributed by atoms with E-state index in [1.807, 2.05) is 6.07 Å². The first kappa shape index (κ1) is 16.0. The van der Waals surface area contributed by atoms with E-state index in [9.17, 15) is 14.0 Å². The number of hydrogen-bond acceptors (Lipinski definition) is 4. The lowest BCUT2D eigenvalue weighted by Gasteiger charge is -2.13. The third-order valence-corrected chi connectivity index (χ3v) is 4.07. The average molecular weight is 328 g/mol. The van der Waals surface area contributed by atoms with Crippen LogP contribution < -0.4 is 10.1 Å². The molecule has 0 spiro atoms. The minimum atomic E-state index is -0.404. The number of anilines is 1. The number of carbonyl (C=O) groups is 2. The van der Waals surface area contributed by atoms with Gasteiger partial charge in [0.05, 0.1) is 13.7 Å².